The molecular formula is C40H27NO2. The second-order valence-electron chi connectivity index (χ2n) is 12.1. The summed E-state index contributed by atoms with van der Waals surface area (Å²) in [6, 6.07) is 43.9. The number of nitrogens with zero attached hydrogens (tertiary/aromatic N) is 1. The molecule has 43 heavy (non-hydrogen) atoms. The van der Waals surface area contributed by atoms with Crippen LogP contribution in [0.4, 0.5) is 0 Å². The van der Waals surface area contributed by atoms with Crippen LogP contribution in [0.25, 0.3) is 71.7 Å². The van der Waals surface area contributed by atoms with Crippen LogP contribution in [0.1, 0.15) is 25.0 Å². The van der Waals surface area contributed by atoms with Gasteiger partial charge in [0, 0.05) is 27.9 Å². The van der Waals surface area contributed by atoms with Crippen molar-refractivity contribution in [2.24, 2.45) is 0 Å². The van der Waals surface area contributed by atoms with Gasteiger partial charge in [0.25, 0.3) is 0 Å². The van der Waals surface area contributed by atoms with E-state index in [1.165, 1.54) is 38.5 Å². The molecule has 6 aromatic carbocycles. The molecule has 0 N–H and O–H groups in total. The molecule has 1 aliphatic rings. The summed E-state index contributed by atoms with van der Waals surface area (Å²) in [5.74, 6) is 0. The second-order valence-corrected chi connectivity index (χ2v) is 12.1. The summed E-state index contributed by atoms with van der Waals surface area (Å²) >= 11 is 0. The standard InChI is InChI=1S/C40H27NO2/c1-40(2)33-14-8-6-12-27(33)29-19-20-30-28-13-7-9-15-34(28)41(38(30)37(29)40)26-17-18-31-36(23-26)43-35-21-16-25(22-32(35)39(31)42)24-10-4-3-5-11-24/h3-23H,1-2H3. The minimum Gasteiger partial charge on any atom is -0.456 e. The van der Waals surface area contributed by atoms with E-state index in [0.717, 1.165) is 22.3 Å². The average Bonchev–Trinajstić information content (AvgIpc) is 3.50. The predicted octanol–water partition coefficient (Wildman–Crippen LogP) is 10.0. The smallest absolute Gasteiger partial charge is 0.200 e. The highest BCUT2D eigenvalue weighted by molar-refractivity contribution is 6.13. The fourth-order valence-electron chi connectivity index (χ4n) is 7.37. The van der Waals surface area contributed by atoms with Crippen molar-refractivity contribution >= 4 is 43.7 Å². The Morgan fingerprint density at radius 2 is 1.35 bits per heavy atom. The topological polar surface area (TPSA) is 35.1 Å². The number of para-hydroxylation sites is 1. The van der Waals surface area contributed by atoms with E-state index in [1.54, 1.807) is 0 Å². The van der Waals surface area contributed by atoms with Crippen molar-refractivity contribution in [3.8, 4) is 27.9 Å². The number of aromatic nitrogens is 1. The maximum Gasteiger partial charge on any atom is 0.200 e. The van der Waals surface area contributed by atoms with Crippen LogP contribution in [0.15, 0.2) is 137 Å². The monoisotopic (exact) mass is 553 g/mol. The zero-order chi connectivity index (χ0) is 28.9. The van der Waals surface area contributed by atoms with Gasteiger partial charge in [0.2, 0.25) is 5.43 Å². The van der Waals surface area contributed by atoms with Gasteiger partial charge in [-0.15, -0.1) is 0 Å². The van der Waals surface area contributed by atoms with Gasteiger partial charge in [-0.1, -0.05) is 105 Å². The molecule has 2 heterocycles. The summed E-state index contributed by atoms with van der Waals surface area (Å²) in [5, 5.41) is 3.61. The van der Waals surface area contributed by atoms with Crippen molar-refractivity contribution in [2.75, 3.05) is 0 Å². The highest BCUT2D eigenvalue weighted by Crippen LogP contribution is 2.52. The molecular weight excluding hydrogens is 526 g/mol. The Balaban J connectivity index is 1.32. The molecule has 8 aromatic rings. The highest BCUT2D eigenvalue weighted by atomic mass is 16.3. The largest absolute Gasteiger partial charge is 0.456 e. The van der Waals surface area contributed by atoms with E-state index in [4.69, 9.17) is 4.42 Å². The van der Waals surface area contributed by atoms with Gasteiger partial charge in [-0.2, -0.15) is 0 Å². The van der Waals surface area contributed by atoms with E-state index in [-0.39, 0.29) is 10.8 Å². The van der Waals surface area contributed by atoms with Crippen LogP contribution in [-0.4, -0.2) is 4.57 Å². The van der Waals surface area contributed by atoms with Gasteiger partial charge < -0.3 is 8.98 Å². The zero-order valence-corrected chi connectivity index (χ0v) is 23.9. The molecule has 3 heteroatoms. The lowest BCUT2D eigenvalue weighted by atomic mass is 9.81. The van der Waals surface area contributed by atoms with Crippen molar-refractivity contribution in [1.82, 2.24) is 4.57 Å². The molecule has 0 aliphatic heterocycles. The number of fused-ring (bicyclic) bond motifs is 9. The van der Waals surface area contributed by atoms with E-state index < -0.39 is 0 Å². The summed E-state index contributed by atoms with van der Waals surface area (Å²) in [4.78, 5) is 13.8. The fourth-order valence-corrected chi connectivity index (χ4v) is 7.37. The van der Waals surface area contributed by atoms with E-state index in [2.05, 4.69) is 97.3 Å². The lowest BCUT2D eigenvalue weighted by Crippen LogP contribution is -2.16. The normalized spacial score (nSPS) is 13.6. The van der Waals surface area contributed by atoms with Crippen molar-refractivity contribution in [3.63, 3.8) is 0 Å². The summed E-state index contributed by atoms with van der Waals surface area (Å²) in [7, 11) is 0. The van der Waals surface area contributed by atoms with Gasteiger partial charge in [0.15, 0.2) is 0 Å². The van der Waals surface area contributed by atoms with Gasteiger partial charge >= 0.3 is 0 Å². The molecule has 0 bridgehead atoms. The van der Waals surface area contributed by atoms with Crippen molar-refractivity contribution < 1.29 is 4.42 Å². The molecule has 0 spiro atoms. The van der Waals surface area contributed by atoms with Gasteiger partial charge in [-0.05, 0) is 63.7 Å². The Morgan fingerprint density at radius 1 is 0.581 bits per heavy atom. The first kappa shape index (κ1) is 24.2. The third-order valence-corrected chi connectivity index (χ3v) is 9.37. The molecule has 1 aliphatic carbocycles. The number of rotatable bonds is 2. The van der Waals surface area contributed by atoms with Crippen LogP contribution in [0, 0.1) is 0 Å². The third-order valence-electron chi connectivity index (χ3n) is 9.37. The average molecular weight is 554 g/mol. The van der Waals surface area contributed by atoms with Crippen LogP contribution in [0.3, 0.4) is 0 Å². The highest BCUT2D eigenvalue weighted by Gasteiger charge is 2.38. The summed E-state index contributed by atoms with van der Waals surface area (Å²) < 4.78 is 8.81. The molecule has 3 nitrogen and oxygen atoms in total. The quantitative estimate of drug-likeness (QED) is 0.200. The van der Waals surface area contributed by atoms with E-state index >= 15 is 0 Å². The molecule has 0 saturated carbocycles. The molecule has 9 rings (SSSR count). The lowest BCUT2D eigenvalue weighted by molar-refractivity contribution is 0.659. The summed E-state index contributed by atoms with van der Waals surface area (Å²) in [6.07, 6.45) is 0. The first-order valence-electron chi connectivity index (χ1n) is 14.7. The van der Waals surface area contributed by atoms with Gasteiger partial charge in [0.1, 0.15) is 11.2 Å². The summed E-state index contributed by atoms with van der Waals surface area (Å²) in [6.45, 7) is 4.66. The van der Waals surface area contributed by atoms with Crippen molar-refractivity contribution in [1.29, 1.82) is 0 Å². The summed E-state index contributed by atoms with van der Waals surface area (Å²) in [5.41, 5.74) is 11.6. The molecule has 0 fully saturated rings. The van der Waals surface area contributed by atoms with Crippen molar-refractivity contribution in [2.45, 2.75) is 19.3 Å². The molecule has 0 radical (unpaired) electrons. The molecule has 0 unspecified atom stereocenters. The minimum absolute atomic E-state index is 0.0136. The SMILES string of the molecule is CC1(C)c2ccccc2-c2ccc3c4ccccc4n(-c4ccc5c(=O)c6cc(-c7ccccc7)ccc6oc5c4)c3c21. The number of hydrogen-bond acceptors (Lipinski definition) is 2. The van der Waals surface area contributed by atoms with Crippen molar-refractivity contribution in [3.05, 3.63) is 149 Å². The Hall–Kier alpha value is -5.41. The molecule has 0 atom stereocenters. The first-order chi connectivity index (χ1) is 21.0. The molecule has 2 aromatic heterocycles. The Kier molecular flexibility index (Phi) is 4.82. The minimum atomic E-state index is -0.173. The van der Waals surface area contributed by atoms with E-state index in [9.17, 15) is 4.79 Å². The maximum absolute atomic E-state index is 13.8. The van der Waals surface area contributed by atoms with E-state index in [0.29, 0.717) is 21.9 Å². The molecule has 0 saturated heterocycles. The third kappa shape index (κ3) is 3.28. The van der Waals surface area contributed by atoms with Crippen LogP contribution in [-0.2, 0) is 5.41 Å². The van der Waals surface area contributed by atoms with Crippen LogP contribution < -0.4 is 5.43 Å². The zero-order valence-electron chi connectivity index (χ0n) is 23.9. The number of hydrogen-bond donors (Lipinski definition) is 0. The molecule has 0 amide bonds. The fraction of sp³-hybridized carbons (Fsp3) is 0.0750. The first-order valence-corrected chi connectivity index (χ1v) is 14.7. The van der Waals surface area contributed by atoms with Gasteiger partial charge in [-0.25, -0.2) is 0 Å². The van der Waals surface area contributed by atoms with E-state index in [1.807, 2.05) is 48.5 Å². The Labute approximate surface area is 248 Å². The Morgan fingerprint density at radius 3 is 2.23 bits per heavy atom. The van der Waals surface area contributed by atoms with Gasteiger partial charge in [-0.3, -0.25) is 4.79 Å². The molecule has 204 valence electrons. The van der Waals surface area contributed by atoms with Crippen LogP contribution in [0.2, 0.25) is 0 Å². The number of benzene rings is 6. The van der Waals surface area contributed by atoms with Crippen LogP contribution >= 0.6 is 0 Å². The predicted molar refractivity (Wildman–Crippen MR) is 177 cm³/mol. The second kappa shape index (κ2) is 8.56. The van der Waals surface area contributed by atoms with Crippen LogP contribution in [0.5, 0.6) is 0 Å². The lowest BCUT2D eigenvalue weighted by Gasteiger charge is -2.23. The van der Waals surface area contributed by atoms with Gasteiger partial charge in [0.05, 0.1) is 21.8 Å². The Bertz CT molecular complexity index is 2500. The maximum atomic E-state index is 13.8.